The highest BCUT2D eigenvalue weighted by Gasteiger charge is 2.34. The van der Waals surface area contributed by atoms with Crippen molar-refractivity contribution in [3.05, 3.63) is 0 Å². The van der Waals surface area contributed by atoms with E-state index in [1.54, 1.807) is 0 Å². The lowest BCUT2D eigenvalue weighted by Gasteiger charge is -2.40. The van der Waals surface area contributed by atoms with Gasteiger partial charge in [0.15, 0.2) is 0 Å². The topological polar surface area (TPSA) is 9.23 Å². The molecule has 0 aliphatic carbocycles. The predicted molar refractivity (Wildman–Crippen MR) is 51.8 cm³/mol. The Labute approximate surface area is 72.3 Å². The largest absolute Gasteiger partial charge is 0.379 e. The van der Waals surface area contributed by atoms with E-state index in [0.29, 0.717) is 5.22 Å². The van der Waals surface area contributed by atoms with E-state index in [9.17, 15) is 0 Å². The normalized spacial score (nSPS) is 33.8. The molecule has 0 aromatic rings. The van der Waals surface area contributed by atoms with Crippen LogP contribution in [0, 0.1) is 5.92 Å². The van der Waals surface area contributed by atoms with E-state index in [4.69, 9.17) is 4.74 Å². The number of hydrogen-bond donors (Lipinski definition) is 0. The first-order valence-electron chi connectivity index (χ1n) is 4.85. The first kappa shape index (κ1) is 9.27. The molecule has 0 radical (unpaired) electrons. The Morgan fingerprint density at radius 2 is 2.09 bits per heavy atom. The van der Waals surface area contributed by atoms with Crippen LogP contribution in [0.5, 0.6) is 0 Å². The van der Waals surface area contributed by atoms with Gasteiger partial charge in [-0.15, -0.1) is 0 Å². The van der Waals surface area contributed by atoms with Crippen LogP contribution in [0.15, 0.2) is 0 Å². The smallest absolute Gasteiger partial charge is 0.0567 e. The molecule has 1 atom stereocenters. The monoisotopic (exact) mass is 172 g/mol. The molecule has 1 heterocycles. The van der Waals surface area contributed by atoms with Gasteiger partial charge in [-0.05, 0) is 25.2 Å². The molecular weight excluding hydrogens is 152 g/mol. The molecule has 1 nitrogen and oxygen atoms in total. The molecule has 0 bridgehead atoms. The minimum Gasteiger partial charge on any atom is -0.379 e. The molecule has 0 N–H and O–H groups in total. The molecule has 0 saturated carbocycles. The molecular formula is C9H20OSi. The van der Waals surface area contributed by atoms with Gasteiger partial charge in [-0.25, -0.2) is 0 Å². The lowest BCUT2D eigenvalue weighted by Crippen LogP contribution is -2.45. The van der Waals surface area contributed by atoms with Crippen LogP contribution in [-0.4, -0.2) is 21.4 Å². The van der Waals surface area contributed by atoms with Gasteiger partial charge in [-0.3, -0.25) is 0 Å². The van der Waals surface area contributed by atoms with Gasteiger partial charge in [0, 0.05) is 6.61 Å². The van der Waals surface area contributed by atoms with Crippen molar-refractivity contribution in [3.8, 4) is 0 Å². The van der Waals surface area contributed by atoms with Gasteiger partial charge in [0.1, 0.15) is 0 Å². The summed E-state index contributed by atoms with van der Waals surface area (Å²) < 4.78 is 5.94. The molecule has 1 rings (SSSR count). The van der Waals surface area contributed by atoms with E-state index >= 15 is 0 Å². The Hall–Kier alpha value is 0.177. The van der Waals surface area contributed by atoms with Crippen molar-refractivity contribution < 1.29 is 4.74 Å². The van der Waals surface area contributed by atoms with Crippen LogP contribution in [0.1, 0.15) is 33.1 Å². The summed E-state index contributed by atoms with van der Waals surface area (Å²) >= 11 is 0. The zero-order valence-electron chi connectivity index (χ0n) is 8.02. The second-order valence-corrected chi connectivity index (χ2v) is 5.78. The van der Waals surface area contributed by atoms with E-state index in [0.717, 1.165) is 12.5 Å². The summed E-state index contributed by atoms with van der Waals surface area (Å²) in [6, 6.07) is 0. The van der Waals surface area contributed by atoms with E-state index in [2.05, 4.69) is 20.4 Å². The molecule has 1 unspecified atom stereocenters. The lowest BCUT2D eigenvalue weighted by molar-refractivity contribution is -0.0488. The van der Waals surface area contributed by atoms with Crippen LogP contribution >= 0.6 is 0 Å². The van der Waals surface area contributed by atoms with E-state index < -0.39 is 0 Å². The van der Waals surface area contributed by atoms with E-state index in [-0.39, 0.29) is 9.52 Å². The highest BCUT2D eigenvalue weighted by Crippen LogP contribution is 2.30. The summed E-state index contributed by atoms with van der Waals surface area (Å²) in [7, 11) is -0.00833. The quantitative estimate of drug-likeness (QED) is 0.577. The molecule has 1 aliphatic heterocycles. The Morgan fingerprint density at radius 1 is 1.36 bits per heavy atom. The Morgan fingerprint density at radius 3 is 2.36 bits per heavy atom. The molecule has 0 aromatic heterocycles. The van der Waals surface area contributed by atoms with Crippen molar-refractivity contribution >= 4 is 9.52 Å². The maximum absolute atomic E-state index is 5.94. The van der Waals surface area contributed by atoms with Crippen molar-refractivity contribution in [3.63, 3.8) is 0 Å². The van der Waals surface area contributed by atoms with E-state index in [1.165, 1.54) is 19.3 Å². The van der Waals surface area contributed by atoms with Gasteiger partial charge in [-0.1, -0.05) is 20.4 Å². The highest BCUT2D eigenvalue weighted by molar-refractivity contribution is 6.38. The first-order chi connectivity index (χ1) is 5.21. The summed E-state index contributed by atoms with van der Waals surface area (Å²) in [6.07, 6.45) is 4.00. The second-order valence-electron chi connectivity index (χ2n) is 3.88. The third-order valence-corrected chi connectivity index (χ3v) is 5.61. The highest BCUT2D eigenvalue weighted by atomic mass is 28.2. The van der Waals surface area contributed by atoms with Gasteiger partial charge >= 0.3 is 0 Å². The van der Waals surface area contributed by atoms with Gasteiger partial charge < -0.3 is 4.74 Å². The van der Waals surface area contributed by atoms with Crippen LogP contribution in [0.2, 0.25) is 6.55 Å². The van der Waals surface area contributed by atoms with Crippen molar-refractivity contribution in [2.24, 2.45) is 5.92 Å². The van der Waals surface area contributed by atoms with Crippen molar-refractivity contribution in [2.45, 2.75) is 44.9 Å². The zero-order chi connectivity index (χ0) is 8.32. The predicted octanol–water partition coefficient (Wildman–Crippen LogP) is 1.76. The lowest BCUT2D eigenvalue weighted by atomic mass is 9.98. The van der Waals surface area contributed by atoms with Crippen LogP contribution in [-0.2, 0) is 4.74 Å². The minimum absolute atomic E-state index is 0.00833. The minimum atomic E-state index is -0.00833. The molecule has 1 fully saturated rings. The van der Waals surface area contributed by atoms with Gasteiger partial charge in [-0.2, -0.15) is 0 Å². The van der Waals surface area contributed by atoms with Gasteiger partial charge in [0.05, 0.1) is 14.7 Å². The average Bonchev–Trinajstić information content (AvgIpc) is 2.05. The summed E-state index contributed by atoms with van der Waals surface area (Å²) in [6.45, 7) is 8.01. The molecule has 66 valence electrons. The summed E-state index contributed by atoms with van der Waals surface area (Å²) in [5, 5.41) is 0.359. The van der Waals surface area contributed by atoms with Gasteiger partial charge in [0.25, 0.3) is 0 Å². The molecule has 2 heteroatoms. The molecule has 1 aliphatic rings. The van der Waals surface area contributed by atoms with Crippen LogP contribution in [0.25, 0.3) is 0 Å². The Bertz CT molecular complexity index is 117. The van der Waals surface area contributed by atoms with Crippen molar-refractivity contribution in [2.75, 3.05) is 6.61 Å². The van der Waals surface area contributed by atoms with Crippen LogP contribution in [0.4, 0.5) is 0 Å². The fourth-order valence-corrected chi connectivity index (χ4v) is 3.78. The van der Waals surface area contributed by atoms with Crippen molar-refractivity contribution in [1.82, 2.24) is 0 Å². The summed E-state index contributed by atoms with van der Waals surface area (Å²) in [4.78, 5) is 0. The zero-order valence-corrected chi connectivity index (χ0v) is 9.44. The third-order valence-electron chi connectivity index (χ3n) is 3.03. The number of hydrogen-bond acceptors (Lipinski definition) is 1. The summed E-state index contributed by atoms with van der Waals surface area (Å²) in [5.74, 6) is 0.736. The maximum atomic E-state index is 5.94. The molecule has 1 saturated heterocycles. The number of rotatable bonds is 2. The number of ether oxygens (including phenoxy) is 1. The van der Waals surface area contributed by atoms with Gasteiger partial charge in [0.2, 0.25) is 0 Å². The second kappa shape index (κ2) is 3.72. The third kappa shape index (κ3) is 1.85. The summed E-state index contributed by atoms with van der Waals surface area (Å²) in [5.41, 5.74) is 0. The molecule has 0 amide bonds. The fourth-order valence-electron chi connectivity index (χ4n) is 2.02. The Kier molecular flexibility index (Phi) is 3.13. The fraction of sp³-hybridized carbons (Fsp3) is 1.00. The van der Waals surface area contributed by atoms with Crippen molar-refractivity contribution in [1.29, 1.82) is 0 Å². The molecule has 0 spiro atoms. The standard InChI is InChI=1S/C9H20OSi/c1-8(2)9(11-3)6-4-5-7-10-9/h8H,4-7,11H2,1-3H3. The van der Waals surface area contributed by atoms with Crippen LogP contribution < -0.4 is 0 Å². The average molecular weight is 172 g/mol. The molecule has 11 heavy (non-hydrogen) atoms. The molecule has 0 aromatic carbocycles. The SMILES string of the molecule is C[SiH2]C1(C(C)C)CCCCO1. The Balaban J connectivity index is 2.57. The van der Waals surface area contributed by atoms with Crippen LogP contribution in [0.3, 0.4) is 0 Å². The maximum Gasteiger partial charge on any atom is 0.0567 e. The first-order valence-corrected chi connectivity index (χ1v) is 6.97. The van der Waals surface area contributed by atoms with E-state index in [1.807, 2.05) is 0 Å².